The van der Waals surface area contributed by atoms with E-state index in [2.05, 4.69) is 130 Å². The maximum absolute atomic E-state index is 12.8. The highest BCUT2D eigenvalue weighted by molar-refractivity contribution is 5.71. The summed E-state index contributed by atoms with van der Waals surface area (Å²) in [5.41, 5.74) is 0. The number of hydrogen-bond acceptors (Lipinski definition) is 6. The number of carbonyl (C=O) groups is 3. The Balaban J connectivity index is 4.52. The van der Waals surface area contributed by atoms with Crippen LogP contribution in [0, 0.1) is 0 Å². The van der Waals surface area contributed by atoms with Crippen molar-refractivity contribution in [1.29, 1.82) is 0 Å². The van der Waals surface area contributed by atoms with Gasteiger partial charge in [-0.25, -0.2) is 0 Å². The van der Waals surface area contributed by atoms with Gasteiger partial charge in [-0.1, -0.05) is 201 Å². The zero-order valence-corrected chi connectivity index (χ0v) is 43.4. The number of carbonyl (C=O) groups excluding carboxylic acids is 3. The number of allylic oxidation sites excluding steroid dienone is 18. The van der Waals surface area contributed by atoms with E-state index in [0.717, 1.165) is 148 Å². The Hall–Kier alpha value is -3.93. The minimum absolute atomic E-state index is 0.106. The fraction of sp³-hybridized carbons (Fsp3) is 0.656. The molecule has 0 saturated carbocycles. The lowest BCUT2D eigenvalue weighted by molar-refractivity contribution is -0.167. The molecule has 0 amide bonds. The van der Waals surface area contributed by atoms with Crippen LogP contribution in [-0.4, -0.2) is 37.2 Å². The molecular weight excluding hydrogens is 829 g/mol. The molecule has 380 valence electrons. The van der Waals surface area contributed by atoms with Crippen molar-refractivity contribution in [2.45, 2.75) is 245 Å². The van der Waals surface area contributed by atoms with Crippen molar-refractivity contribution in [2.24, 2.45) is 0 Å². The summed E-state index contributed by atoms with van der Waals surface area (Å²) in [4.78, 5) is 38.1. The van der Waals surface area contributed by atoms with Crippen LogP contribution in [0.25, 0.3) is 0 Å². The van der Waals surface area contributed by atoms with Gasteiger partial charge in [-0.2, -0.15) is 0 Å². The Morgan fingerprint density at radius 2 is 0.582 bits per heavy atom. The summed E-state index contributed by atoms with van der Waals surface area (Å²) < 4.78 is 16.8. The van der Waals surface area contributed by atoms with Crippen molar-refractivity contribution in [2.75, 3.05) is 13.2 Å². The highest BCUT2D eigenvalue weighted by atomic mass is 16.6. The lowest BCUT2D eigenvalue weighted by Gasteiger charge is -2.18. The molecule has 0 aromatic rings. The fourth-order valence-corrected chi connectivity index (χ4v) is 7.12. The SMILES string of the molecule is CC/C=C\C/C=C\C/C=C\CCCCCCCC(=O)OC[C@H](COC(=O)CCCCCCC/C=C\C/C=C\CCCCC)OC(=O)CCCCC/C=C\C/C=C\C/C=C\C/C=C\CCCCC. The molecule has 0 heterocycles. The van der Waals surface area contributed by atoms with Gasteiger partial charge in [0, 0.05) is 19.3 Å². The molecule has 6 nitrogen and oxygen atoms in total. The van der Waals surface area contributed by atoms with Crippen LogP contribution in [0.2, 0.25) is 0 Å². The van der Waals surface area contributed by atoms with Crippen molar-refractivity contribution < 1.29 is 28.6 Å². The van der Waals surface area contributed by atoms with Crippen LogP contribution in [0.3, 0.4) is 0 Å². The molecule has 0 aromatic carbocycles. The molecule has 0 saturated heterocycles. The predicted octanol–water partition coefficient (Wildman–Crippen LogP) is 18.3. The van der Waals surface area contributed by atoms with Gasteiger partial charge in [0.05, 0.1) is 0 Å². The number of hydrogen-bond donors (Lipinski definition) is 0. The van der Waals surface area contributed by atoms with Crippen molar-refractivity contribution in [3.63, 3.8) is 0 Å². The lowest BCUT2D eigenvalue weighted by Crippen LogP contribution is -2.30. The molecule has 0 aliphatic heterocycles. The second-order valence-electron chi connectivity index (χ2n) is 17.7. The molecular formula is C61H100O6. The Morgan fingerprint density at radius 1 is 0.313 bits per heavy atom. The average molecular weight is 929 g/mol. The van der Waals surface area contributed by atoms with Gasteiger partial charge in [-0.3, -0.25) is 14.4 Å². The third-order valence-corrected chi connectivity index (χ3v) is 11.2. The molecule has 0 fully saturated rings. The monoisotopic (exact) mass is 929 g/mol. The van der Waals surface area contributed by atoms with Crippen molar-refractivity contribution in [3.05, 3.63) is 109 Å². The van der Waals surface area contributed by atoms with Gasteiger partial charge in [-0.05, 0) is 128 Å². The highest BCUT2D eigenvalue weighted by Gasteiger charge is 2.19. The second-order valence-corrected chi connectivity index (χ2v) is 17.7. The average Bonchev–Trinajstić information content (AvgIpc) is 3.33. The van der Waals surface area contributed by atoms with Crippen LogP contribution in [0.5, 0.6) is 0 Å². The molecule has 0 rings (SSSR count). The van der Waals surface area contributed by atoms with E-state index in [0.29, 0.717) is 12.8 Å². The van der Waals surface area contributed by atoms with Crippen molar-refractivity contribution in [3.8, 4) is 0 Å². The first-order valence-corrected chi connectivity index (χ1v) is 27.4. The highest BCUT2D eigenvalue weighted by Crippen LogP contribution is 2.13. The van der Waals surface area contributed by atoms with E-state index in [9.17, 15) is 14.4 Å². The fourth-order valence-electron chi connectivity index (χ4n) is 7.12. The quantitative estimate of drug-likeness (QED) is 0.0262. The molecule has 0 N–H and O–H groups in total. The molecule has 0 radical (unpaired) electrons. The van der Waals surface area contributed by atoms with Crippen LogP contribution in [-0.2, 0) is 28.6 Å². The van der Waals surface area contributed by atoms with Gasteiger partial charge >= 0.3 is 17.9 Å². The minimum Gasteiger partial charge on any atom is -0.462 e. The smallest absolute Gasteiger partial charge is 0.306 e. The largest absolute Gasteiger partial charge is 0.462 e. The number of esters is 3. The molecule has 1 atom stereocenters. The molecule has 0 bridgehead atoms. The minimum atomic E-state index is -0.810. The van der Waals surface area contributed by atoms with E-state index >= 15 is 0 Å². The summed E-state index contributed by atoms with van der Waals surface area (Å²) in [5, 5.41) is 0. The first-order valence-electron chi connectivity index (χ1n) is 27.4. The van der Waals surface area contributed by atoms with E-state index in [1.807, 2.05) is 0 Å². The third kappa shape index (κ3) is 52.9. The van der Waals surface area contributed by atoms with E-state index in [1.165, 1.54) is 51.4 Å². The van der Waals surface area contributed by atoms with Crippen LogP contribution < -0.4 is 0 Å². The summed E-state index contributed by atoms with van der Waals surface area (Å²) in [6, 6.07) is 0. The topological polar surface area (TPSA) is 78.9 Å². The maximum atomic E-state index is 12.8. The summed E-state index contributed by atoms with van der Waals surface area (Å²) >= 11 is 0. The zero-order chi connectivity index (χ0) is 48.6. The molecule has 0 aliphatic carbocycles. The van der Waals surface area contributed by atoms with E-state index in [-0.39, 0.29) is 37.5 Å². The molecule has 67 heavy (non-hydrogen) atoms. The molecule has 0 aromatic heterocycles. The normalized spacial score (nSPS) is 12.9. The number of ether oxygens (including phenoxy) is 3. The van der Waals surface area contributed by atoms with Gasteiger partial charge in [-0.15, -0.1) is 0 Å². The van der Waals surface area contributed by atoms with Crippen molar-refractivity contribution in [1.82, 2.24) is 0 Å². The summed E-state index contributed by atoms with van der Waals surface area (Å²) in [6.07, 6.45) is 73.5. The Bertz CT molecular complexity index is 1390. The summed E-state index contributed by atoms with van der Waals surface area (Å²) in [5.74, 6) is -0.970. The molecule has 0 unspecified atom stereocenters. The number of unbranched alkanes of at least 4 members (excludes halogenated alkanes) is 19. The molecule has 6 heteroatoms. The number of rotatable bonds is 48. The lowest BCUT2D eigenvalue weighted by atomic mass is 10.1. The van der Waals surface area contributed by atoms with E-state index in [4.69, 9.17) is 14.2 Å². The molecule has 0 aliphatic rings. The standard InChI is InChI=1S/C61H100O6/c1-4-7-10-13-16-19-22-25-28-29-30-31-34-37-40-43-46-49-52-55-61(64)67-58(56-65-59(62)53-50-47-44-41-38-35-32-26-23-20-17-14-11-8-5-2)57-66-60(63)54-51-48-45-42-39-36-33-27-24-21-18-15-12-9-6-3/h8,11,16-21,25-28,30-33,37,40,58H,4-7,9-10,12-15,22-24,29,34-36,38-39,41-57H2,1-3H3/b11-8-,19-16-,20-17-,21-18-,28-25-,31-30-,32-26-,33-27-,40-37-/t58-/m1/s1. The maximum Gasteiger partial charge on any atom is 0.306 e. The van der Waals surface area contributed by atoms with E-state index < -0.39 is 6.10 Å². The Morgan fingerprint density at radius 3 is 0.925 bits per heavy atom. The third-order valence-electron chi connectivity index (χ3n) is 11.2. The Labute approximate surface area is 412 Å². The first kappa shape index (κ1) is 63.1. The Kier molecular flexibility index (Phi) is 51.5. The molecule has 0 spiro atoms. The van der Waals surface area contributed by atoms with Gasteiger partial charge < -0.3 is 14.2 Å². The van der Waals surface area contributed by atoms with Crippen LogP contribution in [0.15, 0.2) is 109 Å². The zero-order valence-electron chi connectivity index (χ0n) is 43.4. The van der Waals surface area contributed by atoms with Crippen LogP contribution in [0.1, 0.15) is 239 Å². The van der Waals surface area contributed by atoms with Crippen LogP contribution in [0.4, 0.5) is 0 Å². The second kappa shape index (κ2) is 54.7. The van der Waals surface area contributed by atoms with Gasteiger partial charge in [0.1, 0.15) is 13.2 Å². The predicted molar refractivity (Wildman–Crippen MR) is 288 cm³/mol. The van der Waals surface area contributed by atoms with Gasteiger partial charge in [0.15, 0.2) is 6.10 Å². The van der Waals surface area contributed by atoms with Crippen molar-refractivity contribution >= 4 is 17.9 Å². The summed E-state index contributed by atoms with van der Waals surface area (Å²) in [6.45, 7) is 6.41. The summed E-state index contributed by atoms with van der Waals surface area (Å²) in [7, 11) is 0. The van der Waals surface area contributed by atoms with Gasteiger partial charge in [0.25, 0.3) is 0 Å². The van der Waals surface area contributed by atoms with E-state index in [1.54, 1.807) is 0 Å². The van der Waals surface area contributed by atoms with Crippen LogP contribution >= 0.6 is 0 Å². The van der Waals surface area contributed by atoms with Gasteiger partial charge in [0.2, 0.25) is 0 Å². The first-order chi connectivity index (χ1) is 33.0.